The average molecular weight is 172 g/mol. The number of hydrogen-bond donors (Lipinski definition) is 2. The summed E-state index contributed by atoms with van der Waals surface area (Å²) in [6, 6.07) is 0. The maximum Gasteiger partial charge on any atom is 0.322 e. The van der Waals surface area contributed by atoms with Gasteiger partial charge in [0.25, 0.3) is 0 Å². The predicted molar refractivity (Wildman–Crippen MR) is 43.4 cm³/mol. The van der Waals surface area contributed by atoms with Gasteiger partial charge < -0.3 is 15.2 Å². The molecule has 68 valence electrons. The van der Waals surface area contributed by atoms with Gasteiger partial charge in [0, 0.05) is 6.42 Å². The Bertz CT molecular complexity index is 191. The van der Waals surface area contributed by atoms with Gasteiger partial charge in [-0.3, -0.25) is 9.79 Å². The van der Waals surface area contributed by atoms with Gasteiger partial charge in [-0.1, -0.05) is 0 Å². The number of aliphatic carboxylic acids is 1. The second-order valence-electron chi connectivity index (χ2n) is 2.44. The van der Waals surface area contributed by atoms with Crippen LogP contribution in [0.2, 0.25) is 0 Å². The minimum absolute atomic E-state index is 0.0706. The largest absolute Gasteiger partial charge is 0.480 e. The zero-order valence-electron chi connectivity index (χ0n) is 6.75. The Hall–Kier alpha value is -1.10. The number of ether oxygens (including phenoxy) is 1. The number of aliphatic imine (C=N–C) groups is 1. The van der Waals surface area contributed by atoms with Crippen LogP contribution in [0.1, 0.15) is 6.42 Å². The number of carboxylic acid groups (broad SMARTS) is 1. The summed E-state index contributed by atoms with van der Waals surface area (Å²) in [5, 5.41) is 11.1. The van der Waals surface area contributed by atoms with Crippen molar-refractivity contribution < 1.29 is 14.6 Å². The highest BCUT2D eigenvalue weighted by molar-refractivity contribution is 5.85. The number of rotatable bonds is 2. The zero-order chi connectivity index (χ0) is 8.81. The summed E-state index contributed by atoms with van der Waals surface area (Å²) < 4.78 is 5.13. The lowest BCUT2D eigenvalue weighted by atomic mass is 10.4. The minimum Gasteiger partial charge on any atom is -0.480 e. The molecule has 0 aromatic rings. The molecular weight excluding hydrogens is 160 g/mol. The lowest BCUT2D eigenvalue weighted by molar-refractivity contribution is -0.135. The summed E-state index contributed by atoms with van der Waals surface area (Å²) in [6.07, 6.45) is 0.674. The van der Waals surface area contributed by atoms with Gasteiger partial charge in [-0.25, -0.2) is 0 Å². The molecule has 0 aromatic heterocycles. The summed E-state index contributed by atoms with van der Waals surface area (Å²) in [6.45, 7) is 1.78. The Morgan fingerprint density at radius 1 is 1.67 bits per heavy atom. The van der Waals surface area contributed by atoms with Gasteiger partial charge in [0.15, 0.2) is 0 Å². The summed E-state index contributed by atoms with van der Waals surface area (Å²) in [4.78, 5) is 14.3. The molecular formula is C7H12N2O3. The average Bonchev–Trinajstić information content (AvgIpc) is 2.28. The highest BCUT2D eigenvalue weighted by atomic mass is 16.5. The molecule has 1 rings (SSSR count). The van der Waals surface area contributed by atoms with Crippen molar-refractivity contribution in [1.82, 2.24) is 5.32 Å². The molecule has 0 saturated heterocycles. The van der Waals surface area contributed by atoms with E-state index in [0.29, 0.717) is 26.2 Å². The fraction of sp³-hybridized carbons (Fsp3) is 0.714. The van der Waals surface area contributed by atoms with Crippen LogP contribution in [0.3, 0.4) is 0 Å². The standard InChI is InChI=1S/C7H12N2O3/c10-7(11)5-9-6-1-3-12-4-2-8-6/h1-5H2,(H,8,9)(H,10,11). The lowest BCUT2D eigenvalue weighted by Crippen LogP contribution is -2.29. The fourth-order valence-electron chi connectivity index (χ4n) is 0.917. The second kappa shape index (κ2) is 4.71. The van der Waals surface area contributed by atoms with E-state index in [0.717, 1.165) is 5.84 Å². The SMILES string of the molecule is O=C(O)CNC1=NCCOCC1. The smallest absolute Gasteiger partial charge is 0.322 e. The highest BCUT2D eigenvalue weighted by Crippen LogP contribution is 1.92. The fourth-order valence-corrected chi connectivity index (χ4v) is 0.917. The van der Waals surface area contributed by atoms with Crippen LogP contribution in [0.25, 0.3) is 0 Å². The molecule has 5 heteroatoms. The maximum absolute atomic E-state index is 10.2. The third kappa shape index (κ3) is 3.34. The van der Waals surface area contributed by atoms with E-state index in [1.54, 1.807) is 0 Å². The molecule has 1 aliphatic rings. The number of hydrogen-bond acceptors (Lipinski definition) is 4. The Labute approximate surface area is 70.4 Å². The van der Waals surface area contributed by atoms with Crippen molar-refractivity contribution in [2.45, 2.75) is 6.42 Å². The Balaban J connectivity index is 2.28. The van der Waals surface area contributed by atoms with E-state index in [2.05, 4.69) is 10.3 Å². The van der Waals surface area contributed by atoms with Crippen molar-refractivity contribution in [3.05, 3.63) is 0 Å². The summed E-state index contributed by atoms with van der Waals surface area (Å²) in [5.41, 5.74) is 0. The van der Waals surface area contributed by atoms with Crippen molar-refractivity contribution in [2.24, 2.45) is 4.99 Å². The monoisotopic (exact) mass is 172 g/mol. The van der Waals surface area contributed by atoms with Crippen molar-refractivity contribution in [3.8, 4) is 0 Å². The van der Waals surface area contributed by atoms with Gasteiger partial charge in [0.2, 0.25) is 0 Å². The quantitative estimate of drug-likeness (QED) is 0.588. The molecule has 0 spiro atoms. The Morgan fingerprint density at radius 3 is 3.25 bits per heavy atom. The number of carboxylic acids is 1. The van der Waals surface area contributed by atoms with Crippen LogP contribution in [0.4, 0.5) is 0 Å². The molecule has 0 radical (unpaired) electrons. The summed E-state index contributed by atoms with van der Waals surface area (Å²) in [7, 11) is 0. The van der Waals surface area contributed by atoms with Crippen molar-refractivity contribution in [1.29, 1.82) is 0 Å². The van der Waals surface area contributed by atoms with Gasteiger partial charge in [-0.15, -0.1) is 0 Å². The third-order valence-electron chi connectivity index (χ3n) is 1.47. The normalized spacial score (nSPS) is 17.8. The molecule has 0 fully saturated rings. The first-order valence-electron chi connectivity index (χ1n) is 3.86. The van der Waals surface area contributed by atoms with E-state index in [1.807, 2.05) is 0 Å². The molecule has 0 amide bonds. The van der Waals surface area contributed by atoms with Gasteiger partial charge >= 0.3 is 5.97 Å². The number of nitrogens with zero attached hydrogens (tertiary/aromatic N) is 1. The lowest BCUT2D eigenvalue weighted by Gasteiger charge is -2.03. The number of nitrogens with one attached hydrogen (secondary N) is 1. The molecule has 5 nitrogen and oxygen atoms in total. The highest BCUT2D eigenvalue weighted by Gasteiger charge is 2.04. The van der Waals surface area contributed by atoms with Crippen molar-refractivity contribution in [2.75, 3.05) is 26.3 Å². The van der Waals surface area contributed by atoms with E-state index in [1.165, 1.54) is 0 Å². The van der Waals surface area contributed by atoms with E-state index in [9.17, 15) is 4.79 Å². The molecule has 1 aliphatic heterocycles. The van der Waals surface area contributed by atoms with Gasteiger partial charge in [0.1, 0.15) is 6.54 Å². The molecule has 2 N–H and O–H groups in total. The summed E-state index contributed by atoms with van der Waals surface area (Å²) >= 11 is 0. The van der Waals surface area contributed by atoms with E-state index >= 15 is 0 Å². The molecule has 0 bridgehead atoms. The minimum atomic E-state index is -0.872. The first kappa shape index (κ1) is 8.99. The van der Waals surface area contributed by atoms with Crippen LogP contribution in [-0.4, -0.2) is 43.2 Å². The number of amidine groups is 1. The van der Waals surface area contributed by atoms with Crippen molar-refractivity contribution in [3.63, 3.8) is 0 Å². The van der Waals surface area contributed by atoms with Crippen LogP contribution < -0.4 is 5.32 Å². The third-order valence-corrected chi connectivity index (χ3v) is 1.47. The van der Waals surface area contributed by atoms with E-state index < -0.39 is 5.97 Å². The van der Waals surface area contributed by atoms with Crippen LogP contribution in [0.15, 0.2) is 4.99 Å². The van der Waals surface area contributed by atoms with Gasteiger partial charge in [-0.05, 0) is 0 Å². The molecule has 1 heterocycles. The molecule has 0 atom stereocenters. The summed E-state index contributed by atoms with van der Waals surface area (Å²) in [5.74, 6) is -0.141. The van der Waals surface area contributed by atoms with Crippen LogP contribution >= 0.6 is 0 Å². The van der Waals surface area contributed by atoms with Crippen molar-refractivity contribution >= 4 is 11.8 Å². The first-order chi connectivity index (χ1) is 5.79. The maximum atomic E-state index is 10.2. The van der Waals surface area contributed by atoms with Crippen LogP contribution in [0, 0.1) is 0 Å². The second-order valence-corrected chi connectivity index (χ2v) is 2.44. The molecule has 0 aromatic carbocycles. The van der Waals surface area contributed by atoms with E-state index in [-0.39, 0.29) is 6.54 Å². The van der Waals surface area contributed by atoms with Crippen LogP contribution in [0.5, 0.6) is 0 Å². The molecule has 0 unspecified atom stereocenters. The topological polar surface area (TPSA) is 70.9 Å². The molecule has 0 saturated carbocycles. The number of carbonyl (C=O) groups is 1. The first-order valence-corrected chi connectivity index (χ1v) is 3.86. The predicted octanol–water partition coefficient (Wildman–Crippen LogP) is -0.521. The van der Waals surface area contributed by atoms with Crippen LogP contribution in [-0.2, 0) is 9.53 Å². The zero-order valence-corrected chi connectivity index (χ0v) is 6.75. The van der Waals surface area contributed by atoms with E-state index in [4.69, 9.17) is 9.84 Å². The van der Waals surface area contributed by atoms with Gasteiger partial charge in [0.05, 0.1) is 25.6 Å². The Morgan fingerprint density at radius 2 is 2.50 bits per heavy atom. The Kier molecular flexibility index (Phi) is 3.53. The molecule has 12 heavy (non-hydrogen) atoms. The molecule has 0 aliphatic carbocycles. The van der Waals surface area contributed by atoms with Gasteiger partial charge in [-0.2, -0.15) is 0 Å².